The van der Waals surface area contributed by atoms with Gasteiger partial charge in [0.15, 0.2) is 0 Å². The lowest BCUT2D eigenvalue weighted by atomic mass is 10.1. The number of rotatable bonds is 5. The molecule has 0 aliphatic heterocycles. The molecule has 1 fully saturated rings. The van der Waals surface area contributed by atoms with E-state index in [0.717, 1.165) is 11.7 Å². The highest BCUT2D eigenvalue weighted by atomic mass is 32.2. The van der Waals surface area contributed by atoms with Crippen molar-refractivity contribution in [1.82, 2.24) is 25.5 Å². The van der Waals surface area contributed by atoms with Gasteiger partial charge in [-0.25, -0.2) is 4.68 Å². The predicted octanol–water partition coefficient (Wildman–Crippen LogP) is 1.47. The highest BCUT2D eigenvalue weighted by Crippen LogP contribution is 2.37. The third-order valence-corrected chi connectivity index (χ3v) is 5.00. The smallest absolute Gasteiger partial charge is 0.209 e. The van der Waals surface area contributed by atoms with E-state index in [1.165, 1.54) is 19.3 Å². The Bertz CT molecular complexity index is 353. The molecule has 1 aliphatic carbocycles. The van der Waals surface area contributed by atoms with Crippen LogP contribution in [0, 0.1) is 5.92 Å². The van der Waals surface area contributed by atoms with Gasteiger partial charge in [0.1, 0.15) is 0 Å². The second-order valence-corrected chi connectivity index (χ2v) is 5.94. The van der Waals surface area contributed by atoms with E-state index >= 15 is 0 Å². The van der Waals surface area contributed by atoms with Gasteiger partial charge in [-0.05, 0) is 42.2 Å². The molecule has 1 aromatic rings. The quantitative estimate of drug-likeness (QED) is 0.863. The van der Waals surface area contributed by atoms with Crippen LogP contribution in [0.3, 0.4) is 0 Å². The maximum Gasteiger partial charge on any atom is 0.209 e. The minimum absolute atomic E-state index is 0.633. The van der Waals surface area contributed by atoms with E-state index < -0.39 is 0 Å². The Balaban J connectivity index is 1.89. The zero-order valence-corrected chi connectivity index (χ0v) is 11.6. The van der Waals surface area contributed by atoms with Crippen molar-refractivity contribution in [3.05, 3.63) is 0 Å². The van der Waals surface area contributed by atoms with Gasteiger partial charge in [0.05, 0.1) is 0 Å². The number of aromatic nitrogens is 4. The number of nitrogens with one attached hydrogen (secondary N) is 1. The van der Waals surface area contributed by atoms with Crippen molar-refractivity contribution in [3.63, 3.8) is 0 Å². The molecule has 1 saturated carbocycles. The van der Waals surface area contributed by atoms with Gasteiger partial charge in [-0.15, -0.1) is 5.10 Å². The van der Waals surface area contributed by atoms with Crippen molar-refractivity contribution in [2.45, 2.75) is 49.6 Å². The molecule has 0 radical (unpaired) electrons. The Labute approximate surface area is 107 Å². The van der Waals surface area contributed by atoms with E-state index in [2.05, 4.69) is 34.7 Å². The number of nitrogens with zero attached hydrogens (tertiary/aromatic N) is 4. The molecule has 17 heavy (non-hydrogen) atoms. The molecular formula is C11H21N5S. The first-order chi connectivity index (χ1) is 8.22. The molecule has 0 spiro atoms. The van der Waals surface area contributed by atoms with Crippen molar-refractivity contribution >= 4 is 11.8 Å². The third kappa shape index (κ3) is 2.98. The molecule has 1 aliphatic rings. The molecule has 2 rings (SSSR count). The average molecular weight is 255 g/mol. The molecule has 5 nitrogen and oxygen atoms in total. The first-order valence-electron chi connectivity index (χ1n) is 6.34. The van der Waals surface area contributed by atoms with Gasteiger partial charge >= 0.3 is 0 Å². The van der Waals surface area contributed by atoms with Crippen LogP contribution in [0.25, 0.3) is 0 Å². The third-order valence-electron chi connectivity index (χ3n) is 3.48. The number of hydrogen-bond acceptors (Lipinski definition) is 5. The molecule has 96 valence electrons. The van der Waals surface area contributed by atoms with E-state index in [1.807, 2.05) is 18.8 Å². The van der Waals surface area contributed by atoms with Crippen molar-refractivity contribution in [3.8, 4) is 0 Å². The van der Waals surface area contributed by atoms with E-state index in [9.17, 15) is 0 Å². The first-order valence-corrected chi connectivity index (χ1v) is 7.22. The summed E-state index contributed by atoms with van der Waals surface area (Å²) in [6.07, 6.45) is 3.72. The van der Waals surface area contributed by atoms with Gasteiger partial charge < -0.3 is 5.32 Å². The molecule has 0 aromatic carbocycles. The molecule has 0 bridgehead atoms. The molecule has 6 heteroatoms. The monoisotopic (exact) mass is 255 g/mol. The summed E-state index contributed by atoms with van der Waals surface area (Å²) in [5.74, 6) is 0.684. The van der Waals surface area contributed by atoms with Crippen LogP contribution in [-0.4, -0.2) is 38.0 Å². The minimum atomic E-state index is 0.633. The lowest BCUT2D eigenvalue weighted by Gasteiger charge is -2.20. The highest BCUT2D eigenvalue weighted by molar-refractivity contribution is 7.99. The van der Waals surface area contributed by atoms with Crippen molar-refractivity contribution in [1.29, 1.82) is 0 Å². The maximum atomic E-state index is 4.05. The Morgan fingerprint density at radius 1 is 1.47 bits per heavy atom. The predicted molar refractivity (Wildman–Crippen MR) is 68.9 cm³/mol. The van der Waals surface area contributed by atoms with E-state index in [-0.39, 0.29) is 0 Å². The van der Waals surface area contributed by atoms with Crippen LogP contribution in [0.15, 0.2) is 5.16 Å². The lowest BCUT2D eigenvalue weighted by molar-refractivity contribution is 0.431. The summed E-state index contributed by atoms with van der Waals surface area (Å²) in [7, 11) is 1.90. The fourth-order valence-corrected chi connectivity index (χ4v) is 3.57. The summed E-state index contributed by atoms with van der Waals surface area (Å²) in [4.78, 5) is 0. The molecule has 1 N–H and O–H groups in total. The second kappa shape index (κ2) is 5.82. The van der Waals surface area contributed by atoms with Gasteiger partial charge in [0, 0.05) is 18.3 Å². The van der Waals surface area contributed by atoms with Gasteiger partial charge in [0.25, 0.3) is 0 Å². The zero-order valence-electron chi connectivity index (χ0n) is 10.8. The number of aryl methyl sites for hydroxylation is 1. The lowest BCUT2D eigenvalue weighted by Crippen LogP contribution is -2.33. The minimum Gasteiger partial charge on any atom is -0.314 e. The Morgan fingerprint density at radius 3 is 2.94 bits per heavy atom. The second-order valence-electron chi connectivity index (χ2n) is 4.74. The Kier molecular flexibility index (Phi) is 4.39. The largest absolute Gasteiger partial charge is 0.314 e. The van der Waals surface area contributed by atoms with E-state index in [4.69, 9.17) is 0 Å². The highest BCUT2D eigenvalue weighted by Gasteiger charge is 2.33. The molecular weight excluding hydrogens is 234 g/mol. The van der Waals surface area contributed by atoms with Crippen molar-refractivity contribution in [2.24, 2.45) is 13.0 Å². The molecule has 3 atom stereocenters. The fourth-order valence-electron chi connectivity index (χ4n) is 2.37. The topological polar surface area (TPSA) is 55.6 Å². The van der Waals surface area contributed by atoms with Crippen molar-refractivity contribution < 1.29 is 0 Å². The zero-order chi connectivity index (χ0) is 12.3. The van der Waals surface area contributed by atoms with Gasteiger partial charge in [-0.2, -0.15) is 0 Å². The molecule has 0 amide bonds. The van der Waals surface area contributed by atoms with E-state index in [1.54, 1.807) is 4.68 Å². The molecule has 1 aromatic heterocycles. The Hall–Kier alpha value is -0.620. The van der Waals surface area contributed by atoms with Gasteiger partial charge in [-0.3, -0.25) is 0 Å². The van der Waals surface area contributed by atoms with Crippen molar-refractivity contribution in [2.75, 3.05) is 6.54 Å². The summed E-state index contributed by atoms with van der Waals surface area (Å²) in [6, 6.07) is 0.661. The van der Waals surface area contributed by atoms with Crippen LogP contribution in [0.1, 0.15) is 33.1 Å². The summed E-state index contributed by atoms with van der Waals surface area (Å²) < 4.78 is 1.75. The molecule has 3 unspecified atom stereocenters. The van der Waals surface area contributed by atoms with Crippen LogP contribution in [0.5, 0.6) is 0 Å². The first kappa shape index (κ1) is 12.8. The number of hydrogen-bond donors (Lipinski definition) is 1. The summed E-state index contributed by atoms with van der Waals surface area (Å²) in [5, 5.41) is 16.8. The summed E-state index contributed by atoms with van der Waals surface area (Å²) in [5.41, 5.74) is 0. The molecule has 1 heterocycles. The Morgan fingerprint density at radius 2 is 2.29 bits per heavy atom. The van der Waals surface area contributed by atoms with Crippen LogP contribution < -0.4 is 5.32 Å². The standard InChI is InChI=1S/C11H21N5S/c1-4-7-12-9-5-6-10(8(9)2)17-11-13-14-15-16(11)3/h8-10,12H,4-7H2,1-3H3. The normalized spacial score (nSPS) is 28.8. The van der Waals surface area contributed by atoms with Crippen LogP contribution in [0.4, 0.5) is 0 Å². The van der Waals surface area contributed by atoms with E-state index in [0.29, 0.717) is 17.2 Å². The van der Waals surface area contributed by atoms with Gasteiger partial charge in [0.2, 0.25) is 5.16 Å². The van der Waals surface area contributed by atoms with Gasteiger partial charge in [-0.1, -0.05) is 25.6 Å². The number of tetrazole rings is 1. The van der Waals surface area contributed by atoms with Crippen LogP contribution >= 0.6 is 11.8 Å². The molecule has 0 saturated heterocycles. The maximum absolute atomic E-state index is 4.05. The number of thioether (sulfide) groups is 1. The van der Waals surface area contributed by atoms with Crippen LogP contribution in [0.2, 0.25) is 0 Å². The summed E-state index contributed by atoms with van der Waals surface area (Å²) in [6.45, 7) is 5.67. The average Bonchev–Trinajstić information content (AvgIpc) is 2.86. The van der Waals surface area contributed by atoms with Crippen LogP contribution in [-0.2, 0) is 7.05 Å². The fraction of sp³-hybridized carbons (Fsp3) is 0.909. The summed E-state index contributed by atoms with van der Waals surface area (Å²) >= 11 is 1.82. The SMILES string of the molecule is CCCNC1CCC(Sc2nnnn2C)C1C.